The highest BCUT2D eigenvalue weighted by Crippen LogP contribution is 2.35. The molecule has 3 nitrogen and oxygen atoms in total. The van der Waals surface area contributed by atoms with Crippen molar-refractivity contribution in [1.29, 1.82) is 0 Å². The molecule has 1 amide bonds. The quantitative estimate of drug-likeness (QED) is 0.835. The van der Waals surface area contributed by atoms with Crippen molar-refractivity contribution in [2.75, 3.05) is 13.7 Å². The van der Waals surface area contributed by atoms with Crippen molar-refractivity contribution in [2.45, 2.75) is 12.5 Å². The monoisotopic (exact) mass is 267 g/mol. The molecule has 2 aromatic rings. The lowest BCUT2D eigenvalue weighted by Crippen LogP contribution is -2.34. The van der Waals surface area contributed by atoms with Crippen molar-refractivity contribution >= 4 is 5.91 Å². The predicted octanol–water partition coefficient (Wildman–Crippen LogP) is 3.28. The molecule has 3 rings (SSSR count). The number of rotatable bonds is 2. The number of ether oxygens (including phenoxy) is 1. The normalized spacial score (nSPS) is 16.9. The van der Waals surface area contributed by atoms with Crippen molar-refractivity contribution < 1.29 is 9.53 Å². The van der Waals surface area contributed by atoms with Crippen LogP contribution in [0, 0.1) is 0 Å². The zero-order chi connectivity index (χ0) is 13.9. The van der Waals surface area contributed by atoms with Crippen molar-refractivity contribution in [1.82, 2.24) is 4.90 Å². The van der Waals surface area contributed by atoms with Crippen LogP contribution in [0.3, 0.4) is 0 Å². The van der Waals surface area contributed by atoms with Crippen LogP contribution < -0.4 is 4.74 Å². The average Bonchev–Trinajstić information content (AvgIpc) is 2.54. The van der Waals surface area contributed by atoms with Crippen LogP contribution in [-0.2, 0) is 0 Å². The fourth-order valence-electron chi connectivity index (χ4n) is 2.65. The molecule has 102 valence electrons. The van der Waals surface area contributed by atoms with Gasteiger partial charge in [-0.3, -0.25) is 4.79 Å². The van der Waals surface area contributed by atoms with E-state index >= 15 is 0 Å². The molecule has 0 bridgehead atoms. The Morgan fingerprint density at radius 3 is 2.60 bits per heavy atom. The lowest BCUT2D eigenvalue weighted by atomic mass is 9.98. The second-order valence-corrected chi connectivity index (χ2v) is 4.97. The van der Waals surface area contributed by atoms with Crippen LogP contribution in [0.25, 0.3) is 0 Å². The van der Waals surface area contributed by atoms with Crippen molar-refractivity contribution in [3.8, 4) is 5.75 Å². The number of hydrogen-bond acceptors (Lipinski definition) is 2. The highest BCUT2D eigenvalue weighted by Gasteiger charge is 2.27. The number of hydrogen-bond donors (Lipinski definition) is 0. The summed E-state index contributed by atoms with van der Waals surface area (Å²) < 4.78 is 5.65. The topological polar surface area (TPSA) is 29.5 Å². The van der Waals surface area contributed by atoms with E-state index in [9.17, 15) is 4.79 Å². The minimum Gasteiger partial charge on any atom is -0.493 e. The van der Waals surface area contributed by atoms with Crippen LogP contribution in [0.5, 0.6) is 5.75 Å². The van der Waals surface area contributed by atoms with E-state index < -0.39 is 0 Å². The molecule has 0 radical (unpaired) electrons. The van der Waals surface area contributed by atoms with Gasteiger partial charge in [0.1, 0.15) is 5.75 Å². The summed E-state index contributed by atoms with van der Waals surface area (Å²) >= 11 is 0. The molecule has 0 aliphatic carbocycles. The molecule has 2 aromatic carbocycles. The Morgan fingerprint density at radius 1 is 1.10 bits per heavy atom. The summed E-state index contributed by atoms with van der Waals surface area (Å²) in [7, 11) is 1.86. The number of benzene rings is 2. The van der Waals surface area contributed by atoms with E-state index in [0.29, 0.717) is 6.61 Å². The molecule has 20 heavy (non-hydrogen) atoms. The number of para-hydroxylation sites is 1. The lowest BCUT2D eigenvalue weighted by Gasteiger charge is -2.33. The van der Waals surface area contributed by atoms with Crippen LogP contribution in [0.4, 0.5) is 0 Å². The molecule has 3 heteroatoms. The van der Waals surface area contributed by atoms with Gasteiger partial charge in [-0.1, -0.05) is 36.4 Å². The first-order valence-electron chi connectivity index (χ1n) is 6.81. The highest BCUT2D eigenvalue weighted by molar-refractivity contribution is 5.94. The molecule has 1 aliphatic heterocycles. The van der Waals surface area contributed by atoms with E-state index in [-0.39, 0.29) is 11.9 Å². The number of carbonyl (C=O) groups is 1. The minimum atomic E-state index is 0.0484. The van der Waals surface area contributed by atoms with Crippen LogP contribution in [0.15, 0.2) is 54.6 Å². The Bertz CT molecular complexity index is 609. The number of amides is 1. The summed E-state index contributed by atoms with van der Waals surface area (Å²) in [5.41, 5.74) is 1.81. The van der Waals surface area contributed by atoms with Crippen molar-refractivity contribution in [3.63, 3.8) is 0 Å². The smallest absolute Gasteiger partial charge is 0.254 e. The molecular weight excluding hydrogens is 250 g/mol. The molecule has 0 spiro atoms. The molecule has 1 unspecified atom stereocenters. The Labute approximate surface area is 118 Å². The van der Waals surface area contributed by atoms with Gasteiger partial charge in [-0.05, 0) is 18.2 Å². The largest absolute Gasteiger partial charge is 0.493 e. The highest BCUT2D eigenvalue weighted by atomic mass is 16.5. The average molecular weight is 267 g/mol. The molecule has 0 N–H and O–H groups in total. The molecule has 1 heterocycles. The maximum atomic E-state index is 12.5. The van der Waals surface area contributed by atoms with Gasteiger partial charge >= 0.3 is 0 Å². The second kappa shape index (κ2) is 5.37. The molecular formula is C17H17NO2. The Kier molecular flexibility index (Phi) is 3.42. The van der Waals surface area contributed by atoms with Crippen LogP contribution in [0.2, 0.25) is 0 Å². The fourth-order valence-corrected chi connectivity index (χ4v) is 2.65. The first kappa shape index (κ1) is 12.7. The van der Waals surface area contributed by atoms with Crippen molar-refractivity contribution in [2.24, 2.45) is 0 Å². The third-order valence-corrected chi connectivity index (χ3v) is 3.74. The number of carbonyl (C=O) groups excluding carboxylic acids is 1. The summed E-state index contributed by atoms with van der Waals surface area (Å²) in [4.78, 5) is 14.4. The summed E-state index contributed by atoms with van der Waals surface area (Å²) in [5, 5.41) is 0. The van der Waals surface area contributed by atoms with E-state index in [2.05, 4.69) is 0 Å². The van der Waals surface area contributed by atoms with Crippen molar-refractivity contribution in [3.05, 3.63) is 65.7 Å². The Morgan fingerprint density at radius 2 is 1.80 bits per heavy atom. The SMILES string of the molecule is CN(C(=O)c1ccccc1)C1CCOc2ccccc21. The molecule has 0 saturated heterocycles. The van der Waals surface area contributed by atoms with Crippen LogP contribution in [0.1, 0.15) is 28.4 Å². The molecule has 1 atom stereocenters. The van der Waals surface area contributed by atoms with Gasteiger partial charge in [0.2, 0.25) is 0 Å². The van der Waals surface area contributed by atoms with E-state index in [1.165, 1.54) is 0 Å². The number of nitrogens with zero attached hydrogens (tertiary/aromatic N) is 1. The lowest BCUT2D eigenvalue weighted by molar-refractivity contribution is 0.0686. The Hall–Kier alpha value is -2.29. The van der Waals surface area contributed by atoms with E-state index in [1.54, 1.807) is 0 Å². The van der Waals surface area contributed by atoms with Gasteiger partial charge in [-0.2, -0.15) is 0 Å². The Balaban J connectivity index is 1.89. The summed E-state index contributed by atoms with van der Waals surface area (Å²) in [5.74, 6) is 0.934. The maximum absolute atomic E-state index is 12.5. The minimum absolute atomic E-state index is 0.0484. The van der Waals surface area contributed by atoms with Gasteiger partial charge in [-0.15, -0.1) is 0 Å². The van der Waals surface area contributed by atoms with Gasteiger partial charge in [0.05, 0.1) is 12.6 Å². The maximum Gasteiger partial charge on any atom is 0.254 e. The predicted molar refractivity (Wildman–Crippen MR) is 77.8 cm³/mol. The van der Waals surface area contributed by atoms with Gasteiger partial charge < -0.3 is 9.64 Å². The molecule has 1 aliphatic rings. The molecule has 0 saturated carbocycles. The van der Waals surface area contributed by atoms with Crippen LogP contribution in [-0.4, -0.2) is 24.5 Å². The summed E-state index contributed by atoms with van der Waals surface area (Å²) in [6.45, 7) is 0.647. The van der Waals surface area contributed by atoms with Gasteiger partial charge in [0.15, 0.2) is 0 Å². The van der Waals surface area contributed by atoms with E-state index in [0.717, 1.165) is 23.3 Å². The second-order valence-electron chi connectivity index (χ2n) is 4.97. The molecule has 0 fully saturated rings. The standard InChI is InChI=1S/C17H17NO2/c1-18(17(19)13-7-3-2-4-8-13)15-11-12-20-16-10-6-5-9-14(15)16/h2-10,15H,11-12H2,1H3. The number of fused-ring (bicyclic) bond motifs is 1. The third kappa shape index (κ3) is 2.27. The fraction of sp³-hybridized carbons (Fsp3) is 0.235. The zero-order valence-electron chi connectivity index (χ0n) is 11.5. The zero-order valence-corrected chi connectivity index (χ0v) is 11.5. The van der Waals surface area contributed by atoms with Gasteiger partial charge in [0.25, 0.3) is 5.91 Å². The van der Waals surface area contributed by atoms with Crippen LogP contribution >= 0.6 is 0 Å². The van der Waals surface area contributed by atoms with Gasteiger partial charge in [-0.25, -0.2) is 0 Å². The third-order valence-electron chi connectivity index (χ3n) is 3.74. The summed E-state index contributed by atoms with van der Waals surface area (Å²) in [6, 6.07) is 17.4. The molecule has 0 aromatic heterocycles. The summed E-state index contributed by atoms with van der Waals surface area (Å²) in [6.07, 6.45) is 0.825. The van der Waals surface area contributed by atoms with E-state index in [4.69, 9.17) is 4.74 Å². The first-order valence-corrected chi connectivity index (χ1v) is 6.81. The van der Waals surface area contributed by atoms with E-state index in [1.807, 2.05) is 66.5 Å². The van der Waals surface area contributed by atoms with Gasteiger partial charge in [0, 0.05) is 24.6 Å². The first-order chi connectivity index (χ1) is 9.77.